The Bertz CT molecular complexity index is 662. The maximum absolute atomic E-state index is 11.7. The molecule has 3 N–H and O–H groups in total. The van der Waals surface area contributed by atoms with Crippen molar-refractivity contribution in [3.63, 3.8) is 0 Å². The van der Waals surface area contributed by atoms with Gasteiger partial charge in [-0.25, -0.2) is 0 Å². The lowest BCUT2D eigenvalue weighted by atomic mass is 9.85. The predicted molar refractivity (Wildman–Crippen MR) is 99.2 cm³/mol. The lowest BCUT2D eigenvalue weighted by Gasteiger charge is -2.27. The minimum absolute atomic E-state index is 0.0663. The summed E-state index contributed by atoms with van der Waals surface area (Å²) >= 11 is 0. The molecule has 0 aliphatic rings. The summed E-state index contributed by atoms with van der Waals surface area (Å²) in [6.45, 7) is 6.99. The normalized spacial score (nSPS) is 12.6. The predicted octanol–water partition coefficient (Wildman–Crippen LogP) is 2.58. The average molecular weight is 344 g/mol. The lowest BCUT2D eigenvalue weighted by molar-refractivity contribution is -0.122. The quantitative estimate of drug-likeness (QED) is 0.688. The number of rotatable bonds is 8. The van der Waals surface area contributed by atoms with Gasteiger partial charge >= 0.3 is 0 Å². The van der Waals surface area contributed by atoms with Gasteiger partial charge in [0.15, 0.2) is 0 Å². The van der Waals surface area contributed by atoms with E-state index in [1.165, 1.54) is 5.56 Å². The van der Waals surface area contributed by atoms with Gasteiger partial charge in [0.1, 0.15) is 6.54 Å². The highest BCUT2D eigenvalue weighted by atomic mass is 16.3. The maximum atomic E-state index is 11.7. The molecule has 0 aliphatic carbocycles. The maximum Gasteiger partial charge on any atom is 0.241 e. The fraction of sp³-hybridized carbons (Fsp3) is 0.474. The molecule has 2 rings (SSSR count). The SMILES string of the molecule is CC(C)(C)CC(Nc1cnn(CC(=O)NCCO)c1)c1ccccc1. The molecule has 136 valence electrons. The number of benzene rings is 1. The molecule has 1 amide bonds. The number of carbonyl (C=O) groups is 1. The Morgan fingerprint density at radius 1 is 1.28 bits per heavy atom. The second kappa shape index (κ2) is 8.67. The summed E-state index contributed by atoms with van der Waals surface area (Å²) in [5.74, 6) is -0.169. The molecule has 0 fully saturated rings. The van der Waals surface area contributed by atoms with Crippen LogP contribution in [-0.4, -0.2) is 33.9 Å². The summed E-state index contributed by atoms with van der Waals surface area (Å²) in [6.07, 6.45) is 4.54. The molecule has 1 atom stereocenters. The van der Waals surface area contributed by atoms with Crippen LogP contribution in [0.1, 0.15) is 38.8 Å². The highest BCUT2D eigenvalue weighted by Crippen LogP contribution is 2.32. The molecule has 0 aliphatic heterocycles. The first-order valence-electron chi connectivity index (χ1n) is 8.59. The number of carbonyl (C=O) groups excluding carboxylic acids is 1. The monoisotopic (exact) mass is 344 g/mol. The molecule has 0 saturated heterocycles. The van der Waals surface area contributed by atoms with E-state index in [1.54, 1.807) is 10.9 Å². The fourth-order valence-corrected chi connectivity index (χ4v) is 2.67. The minimum atomic E-state index is -0.169. The number of aliphatic hydroxyl groups excluding tert-OH is 1. The van der Waals surface area contributed by atoms with E-state index in [0.29, 0.717) is 0 Å². The first kappa shape index (κ1) is 19.0. The third kappa shape index (κ3) is 6.58. The number of hydrogen-bond donors (Lipinski definition) is 3. The van der Waals surface area contributed by atoms with Crippen molar-refractivity contribution in [2.75, 3.05) is 18.5 Å². The van der Waals surface area contributed by atoms with E-state index in [0.717, 1.165) is 12.1 Å². The number of aromatic nitrogens is 2. The van der Waals surface area contributed by atoms with Crippen LogP contribution in [-0.2, 0) is 11.3 Å². The summed E-state index contributed by atoms with van der Waals surface area (Å²) in [7, 11) is 0. The number of amides is 1. The number of nitrogens with one attached hydrogen (secondary N) is 2. The van der Waals surface area contributed by atoms with Gasteiger partial charge in [-0.15, -0.1) is 0 Å². The number of anilines is 1. The fourth-order valence-electron chi connectivity index (χ4n) is 2.67. The van der Waals surface area contributed by atoms with Gasteiger partial charge < -0.3 is 15.7 Å². The zero-order valence-electron chi connectivity index (χ0n) is 15.2. The van der Waals surface area contributed by atoms with Gasteiger partial charge in [-0.05, 0) is 17.4 Å². The molecule has 0 radical (unpaired) electrons. The Morgan fingerprint density at radius 3 is 2.64 bits per heavy atom. The van der Waals surface area contributed by atoms with Crippen molar-refractivity contribution in [1.82, 2.24) is 15.1 Å². The molecule has 1 heterocycles. The van der Waals surface area contributed by atoms with E-state index in [-0.39, 0.29) is 37.1 Å². The van der Waals surface area contributed by atoms with Gasteiger partial charge in [-0.3, -0.25) is 9.48 Å². The second-order valence-corrected chi connectivity index (χ2v) is 7.37. The zero-order valence-corrected chi connectivity index (χ0v) is 15.2. The van der Waals surface area contributed by atoms with E-state index in [4.69, 9.17) is 5.11 Å². The first-order valence-corrected chi connectivity index (χ1v) is 8.59. The van der Waals surface area contributed by atoms with Crippen molar-refractivity contribution in [3.05, 3.63) is 48.3 Å². The molecule has 1 aromatic carbocycles. The number of hydrogen-bond acceptors (Lipinski definition) is 4. The Labute approximate surface area is 149 Å². The molecule has 1 unspecified atom stereocenters. The molecule has 1 aromatic heterocycles. The van der Waals surface area contributed by atoms with Gasteiger partial charge in [-0.2, -0.15) is 5.10 Å². The van der Waals surface area contributed by atoms with E-state index in [2.05, 4.69) is 48.6 Å². The molecule has 0 bridgehead atoms. The Balaban J connectivity index is 2.05. The van der Waals surface area contributed by atoms with Crippen LogP contribution in [0, 0.1) is 5.41 Å². The summed E-state index contributed by atoms with van der Waals surface area (Å²) < 4.78 is 1.59. The molecule has 0 saturated carbocycles. The molecule has 25 heavy (non-hydrogen) atoms. The van der Waals surface area contributed by atoms with Crippen molar-refractivity contribution in [2.24, 2.45) is 5.41 Å². The van der Waals surface area contributed by atoms with Crippen molar-refractivity contribution < 1.29 is 9.90 Å². The molecular formula is C19H28N4O2. The van der Waals surface area contributed by atoms with E-state index in [1.807, 2.05) is 24.4 Å². The standard InChI is InChI=1S/C19H28N4O2/c1-19(2,3)11-17(15-7-5-4-6-8-15)22-16-12-21-23(13-16)14-18(25)20-9-10-24/h4-8,12-13,17,22,24H,9-11,14H2,1-3H3,(H,20,25). The number of aliphatic hydroxyl groups is 1. The van der Waals surface area contributed by atoms with Gasteiger partial charge in [0.25, 0.3) is 0 Å². The molecule has 6 nitrogen and oxygen atoms in total. The van der Waals surface area contributed by atoms with Crippen molar-refractivity contribution >= 4 is 11.6 Å². The zero-order chi connectivity index (χ0) is 18.3. The van der Waals surface area contributed by atoms with E-state index >= 15 is 0 Å². The third-order valence-corrected chi connectivity index (χ3v) is 3.73. The largest absolute Gasteiger partial charge is 0.395 e. The van der Waals surface area contributed by atoms with Crippen LogP contribution in [0.15, 0.2) is 42.7 Å². The topological polar surface area (TPSA) is 79.2 Å². The minimum Gasteiger partial charge on any atom is -0.395 e. The Morgan fingerprint density at radius 2 is 2.00 bits per heavy atom. The van der Waals surface area contributed by atoms with Crippen molar-refractivity contribution in [3.8, 4) is 0 Å². The summed E-state index contributed by atoms with van der Waals surface area (Å²) in [5, 5.41) is 19.1. The van der Waals surface area contributed by atoms with Gasteiger partial charge in [0.05, 0.1) is 24.5 Å². The highest BCUT2D eigenvalue weighted by Gasteiger charge is 2.20. The first-order chi connectivity index (χ1) is 11.9. The van der Waals surface area contributed by atoms with Gasteiger partial charge in [0, 0.05) is 12.7 Å². The third-order valence-electron chi connectivity index (χ3n) is 3.73. The summed E-state index contributed by atoms with van der Waals surface area (Å²) in [5.41, 5.74) is 2.28. The Kier molecular flexibility index (Phi) is 6.58. The summed E-state index contributed by atoms with van der Waals surface area (Å²) in [4.78, 5) is 11.7. The van der Waals surface area contributed by atoms with Crippen LogP contribution < -0.4 is 10.6 Å². The van der Waals surface area contributed by atoms with Crippen LogP contribution >= 0.6 is 0 Å². The number of nitrogens with zero attached hydrogens (tertiary/aromatic N) is 2. The average Bonchev–Trinajstić information content (AvgIpc) is 2.99. The molecule has 6 heteroatoms. The molecule has 0 spiro atoms. The lowest BCUT2D eigenvalue weighted by Crippen LogP contribution is -2.30. The van der Waals surface area contributed by atoms with E-state index in [9.17, 15) is 4.79 Å². The van der Waals surface area contributed by atoms with Crippen LogP contribution in [0.25, 0.3) is 0 Å². The van der Waals surface area contributed by atoms with Crippen molar-refractivity contribution in [2.45, 2.75) is 39.8 Å². The second-order valence-electron chi connectivity index (χ2n) is 7.37. The van der Waals surface area contributed by atoms with Crippen molar-refractivity contribution in [1.29, 1.82) is 0 Å². The summed E-state index contributed by atoms with van der Waals surface area (Å²) in [6, 6.07) is 10.5. The van der Waals surface area contributed by atoms with Crippen LogP contribution in [0.2, 0.25) is 0 Å². The smallest absolute Gasteiger partial charge is 0.241 e. The van der Waals surface area contributed by atoms with Crippen LogP contribution in [0.3, 0.4) is 0 Å². The van der Waals surface area contributed by atoms with Gasteiger partial charge in [0.2, 0.25) is 5.91 Å². The van der Waals surface area contributed by atoms with Crippen LogP contribution in [0.5, 0.6) is 0 Å². The van der Waals surface area contributed by atoms with Crippen LogP contribution in [0.4, 0.5) is 5.69 Å². The molecule has 2 aromatic rings. The Hall–Kier alpha value is -2.34. The highest BCUT2D eigenvalue weighted by molar-refractivity contribution is 5.75. The van der Waals surface area contributed by atoms with E-state index < -0.39 is 0 Å². The molecular weight excluding hydrogens is 316 g/mol. The van der Waals surface area contributed by atoms with Gasteiger partial charge in [-0.1, -0.05) is 51.1 Å².